The topological polar surface area (TPSA) is 50.4 Å². The van der Waals surface area contributed by atoms with Crippen molar-refractivity contribution in [2.24, 2.45) is 0 Å². The van der Waals surface area contributed by atoms with E-state index in [1.165, 1.54) is 0 Å². The third-order valence-electron chi connectivity index (χ3n) is 1.45. The summed E-state index contributed by atoms with van der Waals surface area (Å²) < 4.78 is 4.82. The highest BCUT2D eigenvalue weighted by Gasteiger charge is 2.31. The zero-order chi connectivity index (χ0) is 8.27. The maximum Gasteiger partial charge on any atom is 0.325 e. The Labute approximate surface area is 73.8 Å². The minimum absolute atomic E-state index is 0.0125. The summed E-state index contributed by atoms with van der Waals surface area (Å²) in [6.07, 6.45) is 0. The van der Waals surface area contributed by atoms with Gasteiger partial charge in [-0.3, -0.25) is 15.4 Å². The van der Waals surface area contributed by atoms with Gasteiger partial charge < -0.3 is 4.74 Å². The van der Waals surface area contributed by atoms with Crippen molar-refractivity contribution in [2.75, 3.05) is 13.3 Å². The van der Waals surface area contributed by atoms with Crippen LogP contribution in [0, 0.1) is 0 Å². The first-order chi connectivity index (χ1) is 5.25. The summed E-state index contributed by atoms with van der Waals surface area (Å²) in [7, 11) is 0. The fourth-order valence-electron chi connectivity index (χ4n) is 0.923. The summed E-state index contributed by atoms with van der Waals surface area (Å²) in [6, 6.07) is -0.255. The van der Waals surface area contributed by atoms with Crippen molar-refractivity contribution in [2.45, 2.75) is 17.9 Å². The van der Waals surface area contributed by atoms with Gasteiger partial charge in [0.15, 0.2) is 0 Å². The van der Waals surface area contributed by atoms with Crippen LogP contribution in [0.5, 0.6) is 0 Å². The molecule has 0 spiro atoms. The molecule has 0 aromatic carbocycles. The molecule has 0 radical (unpaired) electrons. The van der Waals surface area contributed by atoms with Gasteiger partial charge in [0.25, 0.3) is 0 Å². The lowest BCUT2D eigenvalue weighted by Gasteiger charge is -2.11. The molecule has 1 rings (SSSR count). The molecule has 0 aromatic heterocycles. The lowest BCUT2D eigenvalue weighted by Crippen LogP contribution is -2.38. The van der Waals surface area contributed by atoms with Gasteiger partial charge in [0.1, 0.15) is 6.04 Å². The minimum atomic E-state index is -0.255. The van der Waals surface area contributed by atoms with Crippen molar-refractivity contribution in [3.63, 3.8) is 0 Å². The van der Waals surface area contributed by atoms with Crippen LogP contribution >= 0.6 is 15.9 Å². The van der Waals surface area contributed by atoms with Crippen LogP contribution in [0.4, 0.5) is 0 Å². The Balaban J connectivity index is 2.39. The molecule has 0 amide bonds. The number of carbonyl (C=O) groups is 1. The molecule has 2 atom stereocenters. The monoisotopic (exact) mass is 222 g/mol. The molecule has 0 aliphatic carbocycles. The van der Waals surface area contributed by atoms with Crippen molar-refractivity contribution in [1.82, 2.24) is 10.6 Å². The highest BCUT2D eigenvalue weighted by Crippen LogP contribution is 2.07. The van der Waals surface area contributed by atoms with Gasteiger partial charge in [0.05, 0.1) is 11.6 Å². The lowest BCUT2D eigenvalue weighted by molar-refractivity contribution is -0.145. The summed E-state index contributed by atoms with van der Waals surface area (Å²) in [5.74, 6) is -0.209. The van der Waals surface area contributed by atoms with E-state index >= 15 is 0 Å². The molecule has 5 heteroatoms. The van der Waals surface area contributed by atoms with Gasteiger partial charge in [-0.2, -0.15) is 0 Å². The van der Waals surface area contributed by atoms with Crippen LogP contribution < -0.4 is 10.6 Å². The van der Waals surface area contributed by atoms with Crippen molar-refractivity contribution < 1.29 is 9.53 Å². The molecule has 0 aromatic rings. The Hall–Kier alpha value is -0.130. The first-order valence-corrected chi connectivity index (χ1v) is 4.44. The standard InChI is InChI=1S/C6H11BrN2O2/c1-2-11-6(10)4-5(7)9-3-8-4/h4-5,8-9H,2-3H2,1H3. The van der Waals surface area contributed by atoms with Gasteiger partial charge in [0, 0.05) is 6.67 Å². The second-order valence-electron chi connectivity index (χ2n) is 2.22. The van der Waals surface area contributed by atoms with Crippen LogP contribution in [-0.4, -0.2) is 30.2 Å². The first kappa shape index (κ1) is 8.96. The number of hydrogen-bond acceptors (Lipinski definition) is 4. The van der Waals surface area contributed by atoms with Gasteiger partial charge in [-0.05, 0) is 6.92 Å². The molecule has 1 fully saturated rings. The number of alkyl halides is 1. The summed E-state index contributed by atoms with van der Waals surface area (Å²) >= 11 is 3.30. The fraction of sp³-hybridized carbons (Fsp3) is 0.833. The number of hydrogen-bond donors (Lipinski definition) is 2. The highest BCUT2D eigenvalue weighted by molar-refractivity contribution is 9.09. The number of esters is 1. The Morgan fingerprint density at radius 1 is 1.73 bits per heavy atom. The average Bonchev–Trinajstić information content (AvgIpc) is 2.36. The molecule has 1 saturated heterocycles. The zero-order valence-corrected chi connectivity index (χ0v) is 7.85. The smallest absolute Gasteiger partial charge is 0.325 e. The van der Waals surface area contributed by atoms with Crippen LogP contribution in [0.3, 0.4) is 0 Å². The number of nitrogens with one attached hydrogen (secondary N) is 2. The molecule has 64 valence electrons. The van der Waals surface area contributed by atoms with Crippen LogP contribution in [0.1, 0.15) is 6.92 Å². The fourth-order valence-corrected chi connectivity index (χ4v) is 1.49. The highest BCUT2D eigenvalue weighted by atomic mass is 79.9. The van der Waals surface area contributed by atoms with E-state index in [4.69, 9.17) is 4.74 Å². The Kier molecular flexibility index (Phi) is 3.29. The first-order valence-electron chi connectivity index (χ1n) is 3.53. The summed E-state index contributed by atoms with van der Waals surface area (Å²) in [5.41, 5.74) is 0. The van der Waals surface area contributed by atoms with Crippen LogP contribution in [0.25, 0.3) is 0 Å². The SMILES string of the molecule is CCOC(=O)C1NCNC1Br. The van der Waals surface area contributed by atoms with Crippen LogP contribution in [0.15, 0.2) is 0 Å². The molecule has 1 aliphatic rings. The van der Waals surface area contributed by atoms with Crippen LogP contribution in [0.2, 0.25) is 0 Å². The largest absolute Gasteiger partial charge is 0.465 e. The van der Waals surface area contributed by atoms with Crippen molar-refractivity contribution in [3.8, 4) is 0 Å². The van der Waals surface area contributed by atoms with Gasteiger partial charge in [-0.1, -0.05) is 15.9 Å². The molecule has 11 heavy (non-hydrogen) atoms. The van der Waals surface area contributed by atoms with E-state index in [9.17, 15) is 4.79 Å². The molecule has 0 saturated carbocycles. The van der Waals surface area contributed by atoms with E-state index in [2.05, 4.69) is 26.6 Å². The average molecular weight is 223 g/mol. The Morgan fingerprint density at radius 2 is 2.45 bits per heavy atom. The number of ether oxygens (including phenoxy) is 1. The van der Waals surface area contributed by atoms with E-state index in [-0.39, 0.29) is 17.0 Å². The number of rotatable bonds is 2. The predicted octanol–water partition coefficient (Wildman–Crippen LogP) is -0.211. The van der Waals surface area contributed by atoms with Gasteiger partial charge >= 0.3 is 5.97 Å². The molecule has 2 N–H and O–H groups in total. The predicted molar refractivity (Wildman–Crippen MR) is 44.3 cm³/mol. The zero-order valence-electron chi connectivity index (χ0n) is 6.26. The van der Waals surface area contributed by atoms with Crippen molar-refractivity contribution >= 4 is 21.9 Å². The molecular weight excluding hydrogens is 212 g/mol. The lowest BCUT2D eigenvalue weighted by atomic mass is 10.3. The minimum Gasteiger partial charge on any atom is -0.465 e. The van der Waals surface area contributed by atoms with E-state index in [1.807, 2.05) is 0 Å². The van der Waals surface area contributed by atoms with E-state index < -0.39 is 0 Å². The molecule has 1 aliphatic heterocycles. The third-order valence-corrected chi connectivity index (χ3v) is 2.30. The van der Waals surface area contributed by atoms with Gasteiger partial charge in [-0.25, -0.2) is 0 Å². The number of carbonyl (C=O) groups excluding carboxylic acids is 1. The Morgan fingerprint density at radius 3 is 2.91 bits per heavy atom. The number of halogens is 1. The molecule has 1 heterocycles. The van der Waals surface area contributed by atoms with Gasteiger partial charge in [-0.15, -0.1) is 0 Å². The Bertz CT molecular complexity index is 154. The van der Waals surface area contributed by atoms with E-state index in [1.54, 1.807) is 6.92 Å². The molecule has 4 nitrogen and oxygen atoms in total. The third kappa shape index (κ3) is 2.15. The second-order valence-corrected chi connectivity index (χ2v) is 3.20. The van der Waals surface area contributed by atoms with E-state index in [0.29, 0.717) is 13.3 Å². The van der Waals surface area contributed by atoms with Gasteiger partial charge in [0.2, 0.25) is 0 Å². The molecule has 2 unspecified atom stereocenters. The molecule has 0 bridgehead atoms. The summed E-state index contributed by atoms with van der Waals surface area (Å²) in [6.45, 7) is 2.86. The summed E-state index contributed by atoms with van der Waals surface area (Å²) in [5, 5.41) is 5.97. The quantitative estimate of drug-likeness (QED) is 0.386. The molecular formula is C6H11BrN2O2. The second kappa shape index (κ2) is 4.04. The van der Waals surface area contributed by atoms with Crippen LogP contribution in [-0.2, 0) is 9.53 Å². The van der Waals surface area contributed by atoms with Crippen molar-refractivity contribution in [3.05, 3.63) is 0 Å². The van der Waals surface area contributed by atoms with E-state index in [0.717, 1.165) is 0 Å². The normalized spacial score (nSPS) is 30.4. The summed E-state index contributed by atoms with van der Waals surface area (Å²) in [4.78, 5) is 11.1. The van der Waals surface area contributed by atoms with Crippen molar-refractivity contribution in [1.29, 1.82) is 0 Å². The maximum absolute atomic E-state index is 11.1. The maximum atomic E-state index is 11.1.